The molecular formula is C11H15N3O3. The lowest BCUT2D eigenvalue weighted by Gasteiger charge is -2.12. The van der Waals surface area contributed by atoms with Crippen molar-refractivity contribution in [3.05, 3.63) is 23.8 Å². The number of aryl methyl sites for hydroxylation is 1. The topological polar surface area (TPSA) is 118 Å². The third-order valence-electron chi connectivity index (χ3n) is 2.17. The van der Waals surface area contributed by atoms with Gasteiger partial charge in [-0.05, 0) is 24.6 Å². The van der Waals surface area contributed by atoms with Crippen LogP contribution in [-0.2, 0) is 9.59 Å². The fourth-order valence-corrected chi connectivity index (χ4v) is 1.28. The van der Waals surface area contributed by atoms with E-state index in [1.54, 1.807) is 12.1 Å². The maximum absolute atomic E-state index is 11.6. The Bertz CT molecular complexity index is 446. The van der Waals surface area contributed by atoms with Gasteiger partial charge in [-0.25, -0.2) is 0 Å². The molecular weight excluding hydrogens is 222 g/mol. The zero-order valence-electron chi connectivity index (χ0n) is 9.43. The van der Waals surface area contributed by atoms with E-state index >= 15 is 0 Å². The molecule has 6 heteroatoms. The second kappa shape index (κ2) is 5.31. The molecule has 0 bridgehead atoms. The summed E-state index contributed by atoms with van der Waals surface area (Å²) in [4.78, 5) is 22.2. The summed E-state index contributed by atoms with van der Waals surface area (Å²) in [5, 5.41) is 11.9. The Balaban J connectivity index is 2.73. The van der Waals surface area contributed by atoms with Gasteiger partial charge in [0.05, 0.1) is 18.2 Å². The number of nitrogens with one attached hydrogen (secondary N) is 1. The molecule has 0 saturated carbocycles. The fraction of sp³-hybridized carbons (Fsp3) is 0.273. The van der Waals surface area contributed by atoms with Crippen LogP contribution in [0.2, 0.25) is 0 Å². The fourth-order valence-electron chi connectivity index (χ4n) is 1.28. The van der Waals surface area contributed by atoms with Crippen LogP contribution in [0.25, 0.3) is 0 Å². The smallest absolute Gasteiger partial charge is 0.241 e. The van der Waals surface area contributed by atoms with Crippen molar-refractivity contribution in [2.75, 3.05) is 5.32 Å². The molecule has 92 valence electrons. The highest BCUT2D eigenvalue weighted by Crippen LogP contribution is 2.23. The van der Waals surface area contributed by atoms with E-state index < -0.39 is 17.9 Å². The molecule has 0 fully saturated rings. The van der Waals surface area contributed by atoms with Crippen molar-refractivity contribution in [1.82, 2.24) is 0 Å². The Labute approximate surface area is 98.6 Å². The van der Waals surface area contributed by atoms with Crippen LogP contribution in [0.4, 0.5) is 5.69 Å². The van der Waals surface area contributed by atoms with Crippen LogP contribution in [0.1, 0.15) is 12.0 Å². The van der Waals surface area contributed by atoms with Crippen LogP contribution in [0.5, 0.6) is 5.75 Å². The van der Waals surface area contributed by atoms with E-state index in [9.17, 15) is 14.7 Å². The van der Waals surface area contributed by atoms with Crippen molar-refractivity contribution < 1.29 is 14.7 Å². The first-order chi connectivity index (χ1) is 7.90. The lowest BCUT2D eigenvalue weighted by atomic mass is 10.1. The highest BCUT2D eigenvalue weighted by molar-refractivity contribution is 5.98. The first-order valence-electron chi connectivity index (χ1n) is 5.04. The minimum atomic E-state index is -1.02. The van der Waals surface area contributed by atoms with Crippen molar-refractivity contribution in [2.24, 2.45) is 11.5 Å². The Kier molecular flexibility index (Phi) is 4.06. The summed E-state index contributed by atoms with van der Waals surface area (Å²) in [6, 6.07) is 3.75. The molecule has 1 aromatic carbocycles. The second-order valence-corrected chi connectivity index (χ2v) is 3.79. The Morgan fingerprint density at radius 3 is 2.71 bits per heavy atom. The van der Waals surface area contributed by atoms with Crippen molar-refractivity contribution in [3.63, 3.8) is 0 Å². The third-order valence-corrected chi connectivity index (χ3v) is 2.17. The second-order valence-electron chi connectivity index (χ2n) is 3.79. The van der Waals surface area contributed by atoms with E-state index in [4.69, 9.17) is 11.5 Å². The van der Waals surface area contributed by atoms with Gasteiger partial charge in [-0.15, -0.1) is 0 Å². The summed E-state index contributed by atoms with van der Waals surface area (Å²) >= 11 is 0. The molecule has 6 nitrogen and oxygen atoms in total. The van der Waals surface area contributed by atoms with Gasteiger partial charge in [0.15, 0.2) is 0 Å². The lowest BCUT2D eigenvalue weighted by molar-refractivity contribution is -0.123. The normalized spacial score (nSPS) is 11.9. The predicted octanol–water partition coefficient (Wildman–Crippen LogP) is -0.158. The standard InChI is InChI=1S/C11H15N3O3/c1-6-2-3-9(15)8(4-6)14-11(17)7(12)5-10(13)16/h2-4,7,15H,5,12H2,1H3,(H2,13,16)(H,14,17). The highest BCUT2D eigenvalue weighted by Gasteiger charge is 2.17. The number of phenols is 1. The van der Waals surface area contributed by atoms with Gasteiger partial charge in [0.2, 0.25) is 11.8 Å². The van der Waals surface area contributed by atoms with E-state index in [-0.39, 0.29) is 17.9 Å². The van der Waals surface area contributed by atoms with Crippen molar-refractivity contribution >= 4 is 17.5 Å². The Morgan fingerprint density at radius 1 is 1.47 bits per heavy atom. The van der Waals surface area contributed by atoms with Crippen LogP contribution in [-0.4, -0.2) is 23.0 Å². The maximum Gasteiger partial charge on any atom is 0.241 e. The minimum absolute atomic E-state index is 0.0600. The number of hydrogen-bond acceptors (Lipinski definition) is 4. The summed E-state index contributed by atoms with van der Waals surface area (Å²) < 4.78 is 0. The average molecular weight is 237 g/mol. The molecule has 0 aliphatic rings. The van der Waals surface area contributed by atoms with Gasteiger partial charge in [-0.2, -0.15) is 0 Å². The summed E-state index contributed by atoms with van der Waals surface area (Å²) in [6.07, 6.45) is -0.238. The molecule has 1 atom stereocenters. The first kappa shape index (κ1) is 13.0. The quantitative estimate of drug-likeness (QED) is 0.544. The van der Waals surface area contributed by atoms with E-state index in [2.05, 4.69) is 5.32 Å². The Morgan fingerprint density at radius 2 is 2.12 bits per heavy atom. The minimum Gasteiger partial charge on any atom is -0.506 e. The maximum atomic E-state index is 11.6. The molecule has 2 amide bonds. The number of amides is 2. The SMILES string of the molecule is Cc1ccc(O)c(NC(=O)C(N)CC(N)=O)c1. The van der Waals surface area contributed by atoms with Crippen molar-refractivity contribution in [2.45, 2.75) is 19.4 Å². The molecule has 1 unspecified atom stereocenters. The van der Waals surface area contributed by atoms with Crippen molar-refractivity contribution in [3.8, 4) is 5.75 Å². The van der Waals surface area contributed by atoms with Gasteiger partial charge >= 0.3 is 0 Å². The number of primary amides is 1. The largest absolute Gasteiger partial charge is 0.506 e. The van der Waals surface area contributed by atoms with Gasteiger partial charge in [-0.3, -0.25) is 9.59 Å². The third kappa shape index (κ3) is 3.76. The number of phenolic OH excluding ortho intramolecular Hbond substituents is 1. The average Bonchev–Trinajstić information content (AvgIpc) is 2.22. The molecule has 0 heterocycles. The zero-order valence-corrected chi connectivity index (χ0v) is 9.43. The number of anilines is 1. The summed E-state index contributed by atoms with van der Waals surface area (Å²) in [7, 11) is 0. The van der Waals surface area contributed by atoms with Gasteiger partial charge in [0, 0.05) is 0 Å². The lowest BCUT2D eigenvalue weighted by Crippen LogP contribution is -2.39. The predicted molar refractivity (Wildman–Crippen MR) is 63.3 cm³/mol. The number of aromatic hydroxyl groups is 1. The number of benzene rings is 1. The molecule has 0 aliphatic heterocycles. The van der Waals surface area contributed by atoms with E-state index in [1.165, 1.54) is 6.07 Å². The molecule has 0 aromatic heterocycles. The van der Waals surface area contributed by atoms with Gasteiger partial charge in [0.1, 0.15) is 5.75 Å². The summed E-state index contributed by atoms with van der Waals surface area (Å²) in [5.74, 6) is -1.28. The number of hydrogen-bond donors (Lipinski definition) is 4. The molecule has 0 aliphatic carbocycles. The van der Waals surface area contributed by atoms with Crippen LogP contribution < -0.4 is 16.8 Å². The number of rotatable bonds is 4. The molecule has 0 radical (unpaired) electrons. The molecule has 17 heavy (non-hydrogen) atoms. The number of nitrogens with two attached hydrogens (primary N) is 2. The molecule has 6 N–H and O–H groups in total. The van der Waals surface area contributed by atoms with E-state index in [1.807, 2.05) is 6.92 Å². The highest BCUT2D eigenvalue weighted by atomic mass is 16.3. The van der Waals surface area contributed by atoms with Crippen LogP contribution in [0.3, 0.4) is 0 Å². The molecule has 1 rings (SSSR count). The molecule has 1 aromatic rings. The van der Waals surface area contributed by atoms with Gasteiger partial charge in [0.25, 0.3) is 0 Å². The number of carbonyl (C=O) groups is 2. The summed E-state index contributed by atoms with van der Waals surface area (Å²) in [6.45, 7) is 1.82. The number of carbonyl (C=O) groups excluding carboxylic acids is 2. The zero-order chi connectivity index (χ0) is 13.0. The first-order valence-corrected chi connectivity index (χ1v) is 5.04. The van der Waals surface area contributed by atoms with Gasteiger partial charge in [-0.1, -0.05) is 6.07 Å². The van der Waals surface area contributed by atoms with Crippen LogP contribution in [0.15, 0.2) is 18.2 Å². The monoisotopic (exact) mass is 237 g/mol. The van der Waals surface area contributed by atoms with E-state index in [0.717, 1.165) is 5.56 Å². The van der Waals surface area contributed by atoms with Gasteiger partial charge < -0.3 is 21.9 Å². The molecule has 0 saturated heterocycles. The molecule has 0 spiro atoms. The van der Waals surface area contributed by atoms with Crippen LogP contribution >= 0.6 is 0 Å². The Hall–Kier alpha value is -2.08. The van der Waals surface area contributed by atoms with Crippen molar-refractivity contribution in [1.29, 1.82) is 0 Å². The van der Waals surface area contributed by atoms with E-state index in [0.29, 0.717) is 0 Å². The summed E-state index contributed by atoms with van der Waals surface area (Å²) in [5.41, 5.74) is 11.5. The van der Waals surface area contributed by atoms with Crippen LogP contribution in [0, 0.1) is 6.92 Å².